The molecule has 0 unspecified atom stereocenters. The number of halogens is 4. The van der Waals surface area contributed by atoms with Crippen LogP contribution in [0.5, 0.6) is 0 Å². The number of amides is 1. The molecule has 0 radical (unpaired) electrons. The molecule has 0 spiro atoms. The van der Waals surface area contributed by atoms with Crippen LogP contribution in [0, 0.1) is 0 Å². The van der Waals surface area contributed by atoms with Gasteiger partial charge in [0.1, 0.15) is 6.54 Å². The van der Waals surface area contributed by atoms with Crippen LogP contribution in [0.25, 0.3) is 0 Å². The molecule has 2 N–H and O–H groups in total. The van der Waals surface area contributed by atoms with Crippen molar-refractivity contribution in [2.45, 2.75) is 13.1 Å². The molecule has 1 aromatic carbocycles. The number of hydrogen-bond donors (Lipinski definition) is 1. The molecule has 0 aliphatic heterocycles. The van der Waals surface area contributed by atoms with Crippen molar-refractivity contribution in [3.8, 4) is 0 Å². The predicted octanol–water partition coefficient (Wildman–Crippen LogP) is 3.06. The fourth-order valence-corrected chi connectivity index (χ4v) is 1.79. The quantitative estimate of drug-likeness (QED) is 0.868. The second-order valence-corrected chi connectivity index (χ2v) is 4.58. The number of anilines is 1. The summed E-state index contributed by atoms with van der Waals surface area (Å²) in [6, 6.07) is 4.50. The highest BCUT2D eigenvalue weighted by Gasteiger charge is 2.33. The molecule has 0 bridgehead atoms. The highest BCUT2D eigenvalue weighted by molar-refractivity contribution is 9.10. The first-order chi connectivity index (χ1) is 8.24. The number of nitrogens with two attached hydrogens (primary N) is 1. The van der Waals surface area contributed by atoms with Crippen molar-refractivity contribution in [3.63, 3.8) is 0 Å². The van der Waals surface area contributed by atoms with Crippen molar-refractivity contribution in [1.29, 1.82) is 0 Å². The minimum Gasteiger partial charge on any atom is -0.398 e. The molecular formula is C11H12BrF3N2O. The summed E-state index contributed by atoms with van der Waals surface area (Å²) in [5.41, 5.74) is 5.82. The van der Waals surface area contributed by atoms with E-state index in [2.05, 4.69) is 15.9 Å². The van der Waals surface area contributed by atoms with E-state index in [0.29, 0.717) is 9.37 Å². The second kappa shape index (κ2) is 5.60. The van der Waals surface area contributed by atoms with Crippen LogP contribution in [0.15, 0.2) is 22.7 Å². The molecule has 0 aromatic heterocycles. The van der Waals surface area contributed by atoms with Crippen molar-refractivity contribution in [2.75, 3.05) is 18.8 Å². The molecule has 1 amide bonds. The summed E-state index contributed by atoms with van der Waals surface area (Å²) < 4.78 is 37.5. The molecule has 0 saturated heterocycles. The first kappa shape index (κ1) is 14.8. The van der Waals surface area contributed by atoms with E-state index in [1.54, 1.807) is 6.07 Å². The van der Waals surface area contributed by atoms with E-state index < -0.39 is 18.6 Å². The van der Waals surface area contributed by atoms with E-state index >= 15 is 0 Å². The molecule has 3 nitrogen and oxygen atoms in total. The summed E-state index contributed by atoms with van der Waals surface area (Å²) in [6.45, 7) is 0.163. The summed E-state index contributed by atoms with van der Waals surface area (Å²) in [4.78, 5) is 12.7. The van der Waals surface area contributed by atoms with Gasteiger partial charge in [-0.1, -0.05) is 15.9 Å². The highest BCUT2D eigenvalue weighted by Crippen LogP contribution is 2.22. The van der Waals surface area contributed by atoms with E-state index in [-0.39, 0.29) is 17.8 Å². The Kier molecular flexibility index (Phi) is 4.61. The maximum Gasteiger partial charge on any atom is 0.406 e. The normalized spacial score (nSPS) is 11.4. The SMILES string of the molecule is CCN(CC(F)(F)F)C(=O)c1cc(Br)ccc1N. The number of alkyl halides is 3. The summed E-state index contributed by atoms with van der Waals surface area (Å²) in [6.07, 6.45) is -4.42. The van der Waals surface area contributed by atoms with Gasteiger partial charge in [-0.3, -0.25) is 4.79 Å². The lowest BCUT2D eigenvalue weighted by atomic mass is 10.1. The predicted molar refractivity (Wildman–Crippen MR) is 66.2 cm³/mol. The molecule has 0 atom stereocenters. The monoisotopic (exact) mass is 324 g/mol. The maximum atomic E-state index is 12.3. The first-order valence-corrected chi connectivity index (χ1v) is 5.95. The molecule has 18 heavy (non-hydrogen) atoms. The molecule has 0 aliphatic carbocycles. The Labute approximate surface area is 111 Å². The van der Waals surface area contributed by atoms with E-state index in [4.69, 9.17) is 5.73 Å². The van der Waals surface area contributed by atoms with Gasteiger partial charge in [-0.05, 0) is 25.1 Å². The van der Waals surface area contributed by atoms with Crippen LogP contribution in [-0.4, -0.2) is 30.1 Å². The average molecular weight is 325 g/mol. The Hall–Kier alpha value is -1.24. The third kappa shape index (κ3) is 3.90. The van der Waals surface area contributed by atoms with Gasteiger partial charge in [0, 0.05) is 16.7 Å². The zero-order valence-corrected chi connectivity index (χ0v) is 11.2. The van der Waals surface area contributed by atoms with Crippen LogP contribution in [-0.2, 0) is 0 Å². The second-order valence-electron chi connectivity index (χ2n) is 3.67. The number of hydrogen-bond acceptors (Lipinski definition) is 2. The van der Waals surface area contributed by atoms with Gasteiger partial charge in [0.15, 0.2) is 0 Å². The smallest absolute Gasteiger partial charge is 0.398 e. The van der Waals surface area contributed by atoms with Gasteiger partial charge in [0.05, 0.1) is 5.56 Å². The van der Waals surface area contributed by atoms with Crippen LogP contribution in [0.3, 0.4) is 0 Å². The van der Waals surface area contributed by atoms with Crippen molar-refractivity contribution in [1.82, 2.24) is 4.90 Å². The number of carbonyl (C=O) groups excluding carboxylic acids is 1. The summed E-state index contributed by atoms with van der Waals surface area (Å²) in [7, 11) is 0. The summed E-state index contributed by atoms with van der Waals surface area (Å²) in [5.74, 6) is -0.728. The molecule has 0 saturated carbocycles. The Morgan fingerprint density at radius 1 is 1.44 bits per heavy atom. The Morgan fingerprint density at radius 2 is 2.06 bits per heavy atom. The number of rotatable bonds is 3. The van der Waals surface area contributed by atoms with E-state index in [1.807, 2.05) is 0 Å². The summed E-state index contributed by atoms with van der Waals surface area (Å²) in [5, 5.41) is 0. The zero-order chi connectivity index (χ0) is 13.9. The standard InChI is InChI=1S/C11H12BrF3N2O/c1-2-17(6-11(13,14)15)10(18)8-5-7(12)3-4-9(8)16/h3-5H,2,6,16H2,1H3. The van der Waals surface area contributed by atoms with Gasteiger partial charge in [0.2, 0.25) is 0 Å². The fraction of sp³-hybridized carbons (Fsp3) is 0.364. The summed E-state index contributed by atoms with van der Waals surface area (Å²) >= 11 is 3.15. The molecule has 0 fully saturated rings. The Bertz CT molecular complexity index is 448. The van der Waals surface area contributed by atoms with Crippen LogP contribution in [0.4, 0.5) is 18.9 Å². The van der Waals surface area contributed by atoms with Gasteiger partial charge in [-0.25, -0.2) is 0 Å². The van der Waals surface area contributed by atoms with Crippen LogP contribution in [0.2, 0.25) is 0 Å². The third-order valence-electron chi connectivity index (χ3n) is 2.28. The van der Waals surface area contributed by atoms with E-state index in [0.717, 1.165) is 0 Å². The van der Waals surface area contributed by atoms with Crippen LogP contribution in [0.1, 0.15) is 17.3 Å². The number of nitrogen functional groups attached to an aromatic ring is 1. The Morgan fingerprint density at radius 3 is 2.56 bits per heavy atom. The van der Waals surface area contributed by atoms with Crippen molar-refractivity contribution in [3.05, 3.63) is 28.2 Å². The average Bonchev–Trinajstić information content (AvgIpc) is 2.27. The largest absolute Gasteiger partial charge is 0.406 e. The zero-order valence-electron chi connectivity index (χ0n) is 9.59. The molecular weight excluding hydrogens is 313 g/mol. The van der Waals surface area contributed by atoms with E-state index in [1.165, 1.54) is 19.1 Å². The number of carbonyl (C=O) groups is 1. The topological polar surface area (TPSA) is 46.3 Å². The minimum atomic E-state index is -4.42. The van der Waals surface area contributed by atoms with Crippen LogP contribution >= 0.6 is 15.9 Å². The lowest BCUT2D eigenvalue weighted by Crippen LogP contribution is -2.39. The number of nitrogens with zero attached hydrogens (tertiary/aromatic N) is 1. The molecule has 100 valence electrons. The lowest BCUT2D eigenvalue weighted by molar-refractivity contribution is -0.140. The van der Waals surface area contributed by atoms with Crippen molar-refractivity contribution >= 4 is 27.5 Å². The van der Waals surface area contributed by atoms with Gasteiger partial charge in [-0.15, -0.1) is 0 Å². The highest BCUT2D eigenvalue weighted by atomic mass is 79.9. The molecule has 1 aromatic rings. The molecule has 0 heterocycles. The van der Waals surface area contributed by atoms with Gasteiger partial charge < -0.3 is 10.6 Å². The number of benzene rings is 1. The molecule has 0 aliphatic rings. The van der Waals surface area contributed by atoms with Gasteiger partial charge >= 0.3 is 6.18 Å². The third-order valence-corrected chi connectivity index (χ3v) is 2.78. The minimum absolute atomic E-state index is 0.0374. The van der Waals surface area contributed by atoms with Crippen molar-refractivity contribution in [2.24, 2.45) is 0 Å². The van der Waals surface area contributed by atoms with Crippen LogP contribution < -0.4 is 5.73 Å². The molecule has 7 heteroatoms. The molecule has 1 rings (SSSR count). The lowest BCUT2D eigenvalue weighted by Gasteiger charge is -2.23. The van der Waals surface area contributed by atoms with Gasteiger partial charge in [-0.2, -0.15) is 13.2 Å². The Balaban J connectivity index is 3.00. The van der Waals surface area contributed by atoms with Crippen molar-refractivity contribution < 1.29 is 18.0 Å². The maximum absolute atomic E-state index is 12.3. The fourth-order valence-electron chi connectivity index (χ4n) is 1.43. The van der Waals surface area contributed by atoms with E-state index in [9.17, 15) is 18.0 Å². The van der Waals surface area contributed by atoms with Gasteiger partial charge in [0.25, 0.3) is 5.91 Å². The first-order valence-electron chi connectivity index (χ1n) is 5.15.